The Morgan fingerprint density at radius 3 is 2.08 bits per heavy atom. The van der Waals surface area contributed by atoms with E-state index in [0.717, 1.165) is 0 Å². The number of rotatable bonds is 4. The molecule has 1 heterocycles. The van der Waals surface area contributed by atoms with Crippen molar-refractivity contribution in [2.24, 2.45) is 0 Å². The molecule has 2 amide bonds. The van der Waals surface area contributed by atoms with E-state index in [2.05, 4.69) is 9.57 Å². The molecule has 0 saturated heterocycles. The molecule has 1 aliphatic heterocycles. The molecule has 0 fully saturated rings. The second kappa shape index (κ2) is 6.47. The van der Waals surface area contributed by atoms with Gasteiger partial charge in [-0.15, -0.1) is 0 Å². The molecule has 0 aromatic heterocycles. The average molecular weight is 369 g/mol. The van der Waals surface area contributed by atoms with Gasteiger partial charge in [0.1, 0.15) is 11.4 Å². The highest BCUT2D eigenvalue weighted by atomic mass is 19.3. The SMILES string of the molecule is O=C(ON1C(=O)c2ccccc2C1=O)c1c(F)ccc(OC(F)F)c1F. The first kappa shape index (κ1) is 17.4. The Labute approximate surface area is 142 Å². The van der Waals surface area contributed by atoms with Crippen molar-refractivity contribution in [3.63, 3.8) is 0 Å². The minimum atomic E-state index is -3.42. The smallest absolute Gasteiger partial charge is 0.387 e. The molecule has 10 heteroatoms. The molecule has 3 rings (SSSR count). The van der Waals surface area contributed by atoms with Crippen LogP contribution in [0.4, 0.5) is 17.6 Å². The zero-order valence-electron chi connectivity index (χ0n) is 12.5. The maximum absolute atomic E-state index is 14.1. The number of nitrogens with zero attached hydrogens (tertiary/aromatic N) is 1. The third-order valence-corrected chi connectivity index (χ3v) is 3.41. The molecule has 0 N–H and O–H groups in total. The molecule has 134 valence electrons. The molecule has 0 unspecified atom stereocenters. The summed E-state index contributed by atoms with van der Waals surface area (Å²) >= 11 is 0. The zero-order chi connectivity index (χ0) is 19.0. The number of carbonyl (C=O) groups is 3. The summed E-state index contributed by atoms with van der Waals surface area (Å²) in [6, 6.07) is 6.55. The largest absolute Gasteiger partial charge is 0.432 e. The van der Waals surface area contributed by atoms with Gasteiger partial charge in [-0.3, -0.25) is 9.59 Å². The lowest BCUT2D eigenvalue weighted by Crippen LogP contribution is -2.33. The highest BCUT2D eigenvalue weighted by Crippen LogP contribution is 2.27. The van der Waals surface area contributed by atoms with Crippen molar-refractivity contribution in [2.45, 2.75) is 6.61 Å². The number of hydrogen-bond acceptors (Lipinski definition) is 5. The lowest BCUT2D eigenvalue weighted by atomic mass is 10.1. The molecule has 26 heavy (non-hydrogen) atoms. The van der Waals surface area contributed by atoms with Gasteiger partial charge in [-0.25, -0.2) is 13.6 Å². The second-order valence-corrected chi connectivity index (χ2v) is 4.94. The van der Waals surface area contributed by atoms with Gasteiger partial charge in [0, 0.05) is 0 Å². The van der Waals surface area contributed by atoms with Crippen LogP contribution in [0, 0.1) is 11.6 Å². The summed E-state index contributed by atoms with van der Waals surface area (Å²) in [6.45, 7) is -3.42. The van der Waals surface area contributed by atoms with Gasteiger partial charge in [-0.2, -0.15) is 8.78 Å². The number of imide groups is 1. The first-order valence-corrected chi connectivity index (χ1v) is 6.94. The standard InChI is InChI=1S/C16H7F4NO5/c17-9-5-6-10(25-16(19)20)12(18)11(9)15(24)26-21-13(22)7-3-1-2-4-8(7)14(21)23/h1-6,16H. The fourth-order valence-electron chi connectivity index (χ4n) is 2.29. The zero-order valence-corrected chi connectivity index (χ0v) is 12.5. The maximum atomic E-state index is 14.1. The van der Waals surface area contributed by atoms with Gasteiger partial charge in [0.05, 0.1) is 11.1 Å². The van der Waals surface area contributed by atoms with Crippen molar-refractivity contribution < 1.29 is 41.5 Å². The van der Waals surface area contributed by atoms with Gasteiger partial charge in [-0.05, 0) is 24.3 Å². The van der Waals surface area contributed by atoms with E-state index in [1.54, 1.807) is 0 Å². The molecule has 6 nitrogen and oxygen atoms in total. The number of hydroxylamine groups is 2. The van der Waals surface area contributed by atoms with Crippen molar-refractivity contribution in [1.82, 2.24) is 5.06 Å². The van der Waals surface area contributed by atoms with E-state index >= 15 is 0 Å². The summed E-state index contributed by atoms with van der Waals surface area (Å²) in [7, 11) is 0. The Balaban J connectivity index is 1.90. The van der Waals surface area contributed by atoms with Crippen molar-refractivity contribution in [2.75, 3.05) is 0 Å². The van der Waals surface area contributed by atoms with Crippen molar-refractivity contribution >= 4 is 17.8 Å². The summed E-state index contributed by atoms with van der Waals surface area (Å²) in [6.07, 6.45) is 0. The minimum absolute atomic E-state index is 0.0342. The molecular weight excluding hydrogens is 362 g/mol. The Kier molecular flexibility index (Phi) is 4.33. The first-order valence-electron chi connectivity index (χ1n) is 6.94. The van der Waals surface area contributed by atoms with Gasteiger partial charge < -0.3 is 9.57 Å². The first-order chi connectivity index (χ1) is 12.3. The summed E-state index contributed by atoms with van der Waals surface area (Å²) in [4.78, 5) is 40.7. The number of benzene rings is 2. The van der Waals surface area contributed by atoms with Crippen LogP contribution in [0.15, 0.2) is 36.4 Å². The third-order valence-electron chi connectivity index (χ3n) is 3.41. The Bertz CT molecular complexity index is 896. The van der Waals surface area contributed by atoms with E-state index in [-0.39, 0.29) is 16.2 Å². The quantitative estimate of drug-likeness (QED) is 0.612. The molecular formula is C16H7F4NO5. The number of amides is 2. The van der Waals surface area contributed by atoms with Crippen LogP contribution in [0.2, 0.25) is 0 Å². The summed E-state index contributed by atoms with van der Waals surface area (Å²) in [5, 5.41) is 0.0342. The predicted octanol–water partition coefficient (Wildman–Crippen LogP) is 2.93. The van der Waals surface area contributed by atoms with Crippen LogP contribution in [0.3, 0.4) is 0 Å². The van der Waals surface area contributed by atoms with E-state index in [0.29, 0.717) is 12.1 Å². The van der Waals surface area contributed by atoms with E-state index < -0.39 is 47.3 Å². The van der Waals surface area contributed by atoms with Crippen molar-refractivity contribution in [1.29, 1.82) is 0 Å². The highest BCUT2D eigenvalue weighted by Gasteiger charge is 2.39. The third kappa shape index (κ3) is 2.85. The number of halogens is 4. The highest BCUT2D eigenvalue weighted by molar-refractivity contribution is 6.21. The molecule has 0 bridgehead atoms. The van der Waals surface area contributed by atoms with Gasteiger partial charge in [0.15, 0.2) is 11.6 Å². The lowest BCUT2D eigenvalue weighted by molar-refractivity contribution is -0.0600. The molecule has 0 atom stereocenters. The van der Waals surface area contributed by atoms with Crippen LogP contribution in [0.5, 0.6) is 5.75 Å². The fraction of sp³-hybridized carbons (Fsp3) is 0.0625. The molecule has 0 aliphatic carbocycles. The predicted molar refractivity (Wildman–Crippen MR) is 75.3 cm³/mol. The molecule has 0 saturated carbocycles. The Morgan fingerprint density at radius 2 is 1.54 bits per heavy atom. The van der Waals surface area contributed by atoms with E-state index in [1.165, 1.54) is 24.3 Å². The van der Waals surface area contributed by atoms with Gasteiger partial charge in [-0.1, -0.05) is 17.2 Å². The van der Waals surface area contributed by atoms with Crippen LogP contribution in [0.25, 0.3) is 0 Å². The number of carbonyl (C=O) groups excluding carboxylic acids is 3. The molecule has 2 aromatic rings. The molecule has 0 radical (unpaired) electrons. The summed E-state index contributed by atoms with van der Waals surface area (Å²) in [5.74, 6) is -8.11. The van der Waals surface area contributed by atoms with Gasteiger partial charge in [0.2, 0.25) is 0 Å². The molecule has 2 aromatic carbocycles. The Hall–Kier alpha value is -3.43. The van der Waals surface area contributed by atoms with Crippen molar-refractivity contribution in [3.05, 3.63) is 64.7 Å². The van der Waals surface area contributed by atoms with Gasteiger partial charge >= 0.3 is 12.6 Å². The van der Waals surface area contributed by atoms with Crippen LogP contribution in [-0.4, -0.2) is 29.5 Å². The fourth-order valence-corrected chi connectivity index (χ4v) is 2.29. The number of hydrogen-bond donors (Lipinski definition) is 0. The Morgan fingerprint density at radius 1 is 0.962 bits per heavy atom. The topological polar surface area (TPSA) is 72.9 Å². The minimum Gasteiger partial charge on any atom is -0.432 e. The van der Waals surface area contributed by atoms with Crippen LogP contribution in [0.1, 0.15) is 31.1 Å². The number of ether oxygens (including phenoxy) is 1. The van der Waals surface area contributed by atoms with Crippen molar-refractivity contribution in [3.8, 4) is 5.75 Å². The van der Waals surface area contributed by atoms with Crippen LogP contribution in [-0.2, 0) is 4.84 Å². The van der Waals surface area contributed by atoms with E-state index in [9.17, 15) is 31.9 Å². The summed E-state index contributed by atoms with van der Waals surface area (Å²) < 4.78 is 56.1. The number of alkyl halides is 2. The van der Waals surface area contributed by atoms with Crippen LogP contribution < -0.4 is 4.74 Å². The van der Waals surface area contributed by atoms with E-state index in [1.807, 2.05) is 0 Å². The van der Waals surface area contributed by atoms with Crippen LogP contribution >= 0.6 is 0 Å². The van der Waals surface area contributed by atoms with E-state index in [4.69, 9.17) is 0 Å². The average Bonchev–Trinajstić information content (AvgIpc) is 2.83. The maximum Gasteiger partial charge on any atom is 0.387 e. The normalized spacial score (nSPS) is 13.2. The second-order valence-electron chi connectivity index (χ2n) is 4.94. The van der Waals surface area contributed by atoms with Gasteiger partial charge in [0.25, 0.3) is 11.8 Å². The summed E-state index contributed by atoms with van der Waals surface area (Å²) in [5.41, 5.74) is -1.53. The molecule has 0 spiro atoms. The lowest BCUT2D eigenvalue weighted by Gasteiger charge is -2.14. The monoisotopic (exact) mass is 369 g/mol. The number of fused-ring (bicyclic) bond motifs is 1. The molecule has 1 aliphatic rings.